The second kappa shape index (κ2) is 4.21. The zero-order chi connectivity index (χ0) is 12.5. The van der Waals surface area contributed by atoms with Crippen LogP contribution in [0.1, 0.15) is 20.8 Å². The van der Waals surface area contributed by atoms with Crippen LogP contribution in [0.15, 0.2) is 47.5 Å². The molecule has 0 saturated carbocycles. The van der Waals surface area contributed by atoms with Crippen LogP contribution in [0.2, 0.25) is 0 Å². The zero-order valence-electron chi connectivity index (χ0n) is 10.6. The molecule has 2 aromatic rings. The van der Waals surface area contributed by atoms with E-state index in [1.807, 2.05) is 24.3 Å². The third-order valence-electron chi connectivity index (χ3n) is 2.78. The zero-order valence-corrected chi connectivity index (χ0v) is 10.6. The Morgan fingerprint density at radius 2 is 1.65 bits per heavy atom. The van der Waals surface area contributed by atoms with E-state index in [0.29, 0.717) is 5.84 Å². The lowest BCUT2D eigenvalue weighted by molar-refractivity contribution is 0.585. The number of hydrogen-bond acceptors (Lipinski definition) is 1. The van der Waals surface area contributed by atoms with E-state index in [9.17, 15) is 0 Å². The molecule has 0 spiro atoms. The molecule has 0 aromatic heterocycles. The Kier molecular flexibility index (Phi) is 2.88. The van der Waals surface area contributed by atoms with E-state index >= 15 is 0 Å². The minimum absolute atomic E-state index is 0.100. The summed E-state index contributed by atoms with van der Waals surface area (Å²) in [6, 6.07) is 14.3. The topological polar surface area (TPSA) is 38.4 Å². The lowest BCUT2D eigenvalue weighted by Gasteiger charge is -2.17. The summed E-state index contributed by atoms with van der Waals surface area (Å²) in [7, 11) is 0. The lowest BCUT2D eigenvalue weighted by Crippen LogP contribution is -2.28. The number of benzene rings is 2. The monoisotopic (exact) mass is 226 g/mol. The largest absolute Gasteiger partial charge is 0.387 e. The molecule has 0 aliphatic heterocycles. The van der Waals surface area contributed by atoms with Crippen molar-refractivity contribution in [2.75, 3.05) is 0 Å². The highest BCUT2D eigenvalue weighted by Crippen LogP contribution is 2.27. The Bertz CT molecular complexity index is 557. The Balaban J connectivity index is 2.57. The van der Waals surface area contributed by atoms with Crippen molar-refractivity contribution in [3.63, 3.8) is 0 Å². The first-order valence-electron chi connectivity index (χ1n) is 5.81. The standard InChI is InChI=1S/C15H18N2/c1-15(2,3)14(16)17-13-10-6-8-11-7-4-5-9-12(11)13/h4-10H,1-3H3,(H2,16,17). The van der Waals surface area contributed by atoms with Crippen LogP contribution in [0.4, 0.5) is 5.69 Å². The maximum atomic E-state index is 6.02. The van der Waals surface area contributed by atoms with Gasteiger partial charge >= 0.3 is 0 Å². The van der Waals surface area contributed by atoms with Crippen molar-refractivity contribution in [3.8, 4) is 0 Å². The second-order valence-corrected chi connectivity index (χ2v) is 5.25. The third-order valence-corrected chi connectivity index (χ3v) is 2.78. The van der Waals surface area contributed by atoms with Crippen LogP contribution in [0.5, 0.6) is 0 Å². The Morgan fingerprint density at radius 3 is 2.35 bits per heavy atom. The van der Waals surface area contributed by atoms with E-state index in [0.717, 1.165) is 11.1 Å². The average molecular weight is 226 g/mol. The van der Waals surface area contributed by atoms with E-state index in [1.165, 1.54) is 5.39 Å². The molecule has 0 saturated heterocycles. The van der Waals surface area contributed by atoms with Crippen LogP contribution in [0, 0.1) is 5.41 Å². The number of rotatable bonds is 1. The van der Waals surface area contributed by atoms with E-state index in [-0.39, 0.29) is 5.41 Å². The molecule has 88 valence electrons. The molecular weight excluding hydrogens is 208 g/mol. The number of nitrogens with two attached hydrogens (primary N) is 1. The number of aliphatic imine (C=N–C) groups is 1. The van der Waals surface area contributed by atoms with Crippen LogP contribution in [0.3, 0.4) is 0 Å². The van der Waals surface area contributed by atoms with Gasteiger partial charge < -0.3 is 5.73 Å². The van der Waals surface area contributed by atoms with Crippen molar-refractivity contribution in [2.24, 2.45) is 16.1 Å². The molecule has 0 radical (unpaired) electrons. The molecule has 0 atom stereocenters. The molecule has 0 aliphatic rings. The predicted octanol–water partition coefficient (Wildman–Crippen LogP) is 3.87. The van der Waals surface area contributed by atoms with Gasteiger partial charge in [0, 0.05) is 10.8 Å². The van der Waals surface area contributed by atoms with Gasteiger partial charge in [0.25, 0.3) is 0 Å². The summed E-state index contributed by atoms with van der Waals surface area (Å²) in [5.74, 6) is 0.661. The summed E-state index contributed by atoms with van der Waals surface area (Å²) < 4.78 is 0. The van der Waals surface area contributed by atoms with Crippen LogP contribution < -0.4 is 5.73 Å². The van der Waals surface area contributed by atoms with E-state index in [1.54, 1.807) is 0 Å². The summed E-state index contributed by atoms with van der Waals surface area (Å²) in [6.07, 6.45) is 0. The van der Waals surface area contributed by atoms with Gasteiger partial charge in [0.15, 0.2) is 0 Å². The first-order chi connectivity index (χ1) is 7.98. The predicted molar refractivity (Wildman–Crippen MR) is 74.7 cm³/mol. The summed E-state index contributed by atoms with van der Waals surface area (Å²) in [5.41, 5.74) is 6.86. The van der Waals surface area contributed by atoms with E-state index in [2.05, 4.69) is 44.0 Å². The highest BCUT2D eigenvalue weighted by molar-refractivity contribution is 5.96. The molecule has 0 heterocycles. The maximum absolute atomic E-state index is 6.02. The normalized spacial score (nSPS) is 13.0. The SMILES string of the molecule is CC(C)(C)C(N)=Nc1cccc2ccccc12. The molecule has 2 heteroatoms. The van der Waals surface area contributed by atoms with Gasteiger partial charge in [-0.05, 0) is 11.5 Å². The molecule has 0 bridgehead atoms. The molecule has 0 fully saturated rings. The summed E-state index contributed by atoms with van der Waals surface area (Å²) in [6.45, 7) is 6.20. The fourth-order valence-corrected chi connectivity index (χ4v) is 1.60. The minimum atomic E-state index is -0.100. The lowest BCUT2D eigenvalue weighted by atomic mass is 9.95. The van der Waals surface area contributed by atoms with Crippen molar-refractivity contribution in [3.05, 3.63) is 42.5 Å². The number of amidine groups is 1. The first-order valence-corrected chi connectivity index (χ1v) is 5.81. The van der Waals surface area contributed by atoms with Crippen LogP contribution in [-0.4, -0.2) is 5.84 Å². The fraction of sp³-hybridized carbons (Fsp3) is 0.267. The Hall–Kier alpha value is -1.83. The van der Waals surface area contributed by atoms with E-state index < -0.39 is 0 Å². The van der Waals surface area contributed by atoms with E-state index in [4.69, 9.17) is 5.73 Å². The van der Waals surface area contributed by atoms with Crippen molar-refractivity contribution in [1.82, 2.24) is 0 Å². The molecule has 0 amide bonds. The molecule has 2 aromatic carbocycles. The van der Waals surface area contributed by atoms with Gasteiger partial charge in [-0.25, -0.2) is 4.99 Å². The second-order valence-electron chi connectivity index (χ2n) is 5.25. The van der Waals surface area contributed by atoms with Crippen LogP contribution >= 0.6 is 0 Å². The summed E-state index contributed by atoms with van der Waals surface area (Å²) >= 11 is 0. The van der Waals surface area contributed by atoms with Crippen LogP contribution in [-0.2, 0) is 0 Å². The third kappa shape index (κ3) is 2.47. The minimum Gasteiger partial charge on any atom is -0.387 e. The Morgan fingerprint density at radius 1 is 1.00 bits per heavy atom. The summed E-state index contributed by atoms with van der Waals surface area (Å²) in [5, 5.41) is 2.33. The van der Waals surface area contributed by atoms with Gasteiger partial charge in [0.05, 0.1) is 5.69 Å². The van der Waals surface area contributed by atoms with Gasteiger partial charge in [-0.3, -0.25) is 0 Å². The molecule has 0 unspecified atom stereocenters. The number of nitrogens with zero attached hydrogens (tertiary/aromatic N) is 1. The highest BCUT2D eigenvalue weighted by atomic mass is 14.9. The molecule has 2 nitrogen and oxygen atoms in total. The number of fused-ring (bicyclic) bond motifs is 1. The smallest absolute Gasteiger partial charge is 0.105 e. The van der Waals surface area contributed by atoms with Crippen molar-refractivity contribution >= 4 is 22.3 Å². The molecule has 2 rings (SSSR count). The fourth-order valence-electron chi connectivity index (χ4n) is 1.60. The summed E-state index contributed by atoms with van der Waals surface area (Å²) in [4.78, 5) is 4.55. The highest BCUT2D eigenvalue weighted by Gasteiger charge is 2.15. The van der Waals surface area contributed by atoms with Gasteiger partial charge in [-0.15, -0.1) is 0 Å². The van der Waals surface area contributed by atoms with Crippen LogP contribution in [0.25, 0.3) is 10.8 Å². The van der Waals surface area contributed by atoms with Crippen molar-refractivity contribution in [2.45, 2.75) is 20.8 Å². The van der Waals surface area contributed by atoms with Crippen molar-refractivity contribution < 1.29 is 0 Å². The van der Waals surface area contributed by atoms with Gasteiger partial charge in [-0.2, -0.15) is 0 Å². The molecule has 2 N–H and O–H groups in total. The number of hydrogen-bond donors (Lipinski definition) is 1. The Labute approximate surface area is 102 Å². The van der Waals surface area contributed by atoms with Gasteiger partial charge in [-0.1, -0.05) is 57.2 Å². The average Bonchev–Trinajstić information content (AvgIpc) is 2.28. The molecule has 17 heavy (non-hydrogen) atoms. The quantitative estimate of drug-likeness (QED) is 0.581. The maximum Gasteiger partial charge on any atom is 0.105 e. The molecule has 0 aliphatic carbocycles. The first kappa shape index (κ1) is 11.6. The van der Waals surface area contributed by atoms with Crippen molar-refractivity contribution in [1.29, 1.82) is 0 Å². The van der Waals surface area contributed by atoms with Gasteiger partial charge in [0.1, 0.15) is 5.84 Å². The molecular formula is C15H18N2. The van der Waals surface area contributed by atoms with Gasteiger partial charge in [0.2, 0.25) is 0 Å².